The van der Waals surface area contributed by atoms with Crippen LogP contribution in [0.4, 0.5) is 0 Å². The maximum absolute atomic E-state index is 4.98. The Bertz CT molecular complexity index is 1870. The van der Waals surface area contributed by atoms with Crippen LogP contribution in [0.2, 0.25) is 0 Å². The number of hydrogen-bond donors (Lipinski definition) is 0. The van der Waals surface area contributed by atoms with E-state index in [0.29, 0.717) is 0 Å². The van der Waals surface area contributed by atoms with Crippen LogP contribution in [0.1, 0.15) is 80.0 Å². The summed E-state index contributed by atoms with van der Waals surface area (Å²) in [4.78, 5) is 4.98. The highest BCUT2D eigenvalue weighted by Gasteiger charge is 2.47. The summed E-state index contributed by atoms with van der Waals surface area (Å²) in [5.74, 6) is 0.212. The van der Waals surface area contributed by atoms with E-state index in [0.717, 1.165) is 18.5 Å². The highest BCUT2D eigenvalue weighted by molar-refractivity contribution is 5.86. The minimum Gasteiger partial charge on any atom is -0.260 e. The maximum atomic E-state index is 4.98. The van der Waals surface area contributed by atoms with Crippen LogP contribution >= 0.6 is 0 Å². The standard InChI is InChI=1S/C43H37N.C2H6/c1-31(33-16-6-3-7-17-33)28-36(34-18-8-4-9-19-34)29-32(2)35-25-26-41-39(30-35)38-22-12-13-23-40(38)43(41,37-20-10-5-11-21-37)42-24-14-15-27-44-42;1-2/h4-6,8-30,32H,3,7H2,1-2H3;1-2H3/b31-28+,36-29+;. The highest BCUT2D eigenvalue weighted by atomic mass is 14.7. The molecule has 2 unspecified atom stereocenters. The van der Waals surface area contributed by atoms with Crippen molar-refractivity contribution in [1.29, 1.82) is 0 Å². The predicted molar refractivity (Wildman–Crippen MR) is 196 cm³/mol. The quantitative estimate of drug-likeness (QED) is 0.167. The second-order valence-corrected chi connectivity index (χ2v) is 11.9. The second kappa shape index (κ2) is 14.0. The van der Waals surface area contributed by atoms with E-state index in [-0.39, 0.29) is 5.92 Å². The van der Waals surface area contributed by atoms with Crippen LogP contribution < -0.4 is 0 Å². The summed E-state index contributed by atoms with van der Waals surface area (Å²) in [5.41, 5.74) is 13.4. The molecule has 1 heterocycles. The van der Waals surface area contributed by atoms with Crippen LogP contribution in [0.25, 0.3) is 16.7 Å². The molecule has 0 radical (unpaired) electrons. The predicted octanol–water partition coefficient (Wildman–Crippen LogP) is 11.9. The minimum absolute atomic E-state index is 0.212. The first-order chi connectivity index (χ1) is 22.7. The molecule has 7 rings (SSSR count). The maximum Gasteiger partial charge on any atom is 0.0885 e. The van der Waals surface area contributed by atoms with Crippen LogP contribution in [0.15, 0.2) is 169 Å². The third-order valence-corrected chi connectivity index (χ3v) is 9.21. The van der Waals surface area contributed by atoms with Crippen molar-refractivity contribution >= 4 is 5.57 Å². The van der Waals surface area contributed by atoms with E-state index >= 15 is 0 Å². The lowest BCUT2D eigenvalue weighted by molar-refractivity contribution is 0.734. The number of rotatable bonds is 7. The van der Waals surface area contributed by atoms with Gasteiger partial charge in [0, 0.05) is 6.20 Å². The van der Waals surface area contributed by atoms with Gasteiger partial charge < -0.3 is 0 Å². The molecule has 2 aliphatic carbocycles. The Labute approximate surface area is 275 Å². The van der Waals surface area contributed by atoms with Gasteiger partial charge in [-0.15, -0.1) is 0 Å². The lowest BCUT2D eigenvalue weighted by Crippen LogP contribution is -2.29. The summed E-state index contributed by atoms with van der Waals surface area (Å²) in [7, 11) is 0. The van der Waals surface area contributed by atoms with E-state index in [1.54, 1.807) is 0 Å². The average molecular weight is 598 g/mol. The van der Waals surface area contributed by atoms with Crippen LogP contribution in [-0.4, -0.2) is 4.98 Å². The first-order valence-electron chi connectivity index (χ1n) is 16.7. The van der Waals surface area contributed by atoms with Crippen LogP contribution in [0, 0.1) is 0 Å². The van der Waals surface area contributed by atoms with Gasteiger partial charge in [-0.3, -0.25) is 4.98 Å². The van der Waals surface area contributed by atoms with Crippen LogP contribution in [0.3, 0.4) is 0 Å². The molecule has 1 aromatic heterocycles. The van der Waals surface area contributed by atoms with E-state index in [9.17, 15) is 0 Å². The highest BCUT2D eigenvalue weighted by Crippen LogP contribution is 2.55. The van der Waals surface area contributed by atoms with E-state index in [1.165, 1.54) is 55.7 Å². The Balaban J connectivity index is 0.00000182. The van der Waals surface area contributed by atoms with Gasteiger partial charge in [-0.2, -0.15) is 0 Å². The average Bonchev–Trinajstić information content (AvgIpc) is 3.44. The lowest BCUT2D eigenvalue weighted by Gasteiger charge is -2.32. The molecular formula is C45H43N. The van der Waals surface area contributed by atoms with Gasteiger partial charge in [0.1, 0.15) is 0 Å². The van der Waals surface area contributed by atoms with Crippen molar-refractivity contribution in [2.45, 2.75) is 51.9 Å². The summed E-state index contributed by atoms with van der Waals surface area (Å²) in [6.45, 7) is 8.55. The molecule has 4 aromatic carbocycles. The van der Waals surface area contributed by atoms with Gasteiger partial charge in [0.2, 0.25) is 0 Å². The molecule has 2 aliphatic rings. The molecule has 46 heavy (non-hydrogen) atoms. The number of fused-ring (bicyclic) bond motifs is 3. The number of nitrogens with zero attached hydrogens (tertiary/aromatic N) is 1. The monoisotopic (exact) mass is 597 g/mol. The molecule has 0 bridgehead atoms. The van der Waals surface area contributed by atoms with Crippen molar-refractivity contribution in [3.8, 4) is 11.1 Å². The van der Waals surface area contributed by atoms with Gasteiger partial charge in [0.25, 0.3) is 0 Å². The Hall–Kier alpha value is -5.01. The fourth-order valence-electron chi connectivity index (χ4n) is 7.04. The zero-order chi connectivity index (χ0) is 31.9. The normalized spacial score (nSPS) is 17.7. The van der Waals surface area contributed by atoms with E-state index in [1.807, 2.05) is 26.1 Å². The summed E-state index contributed by atoms with van der Waals surface area (Å²) in [6, 6.07) is 43.9. The van der Waals surface area contributed by atoms with Crippen molar-refractivity contribution in [2.24, 2.45) is 0 Å². The lowest BCUT2D eigenvalue weighted by atomic mass is 9.69. The molecule has 0 N–H and O–H groups in total. The third-order valence-electron chi connectivity index (χ3n) is 9.21. The van der Waals surface area contributed by atoms with Crippen molar-refractivity contribution < 1.29 is 0 Å². The van der Waals surface area contributed by atoms with Gasteiger partial charge in [0.05, 0.1) is 11.1 Å². The molecule has 1 heteroatoms. The van der Waals surface area contributed by atoms with Crippen LogP contribution in [0.5, 0.6) is 0 Å². The molecule has 0 amide bonds. The van der Waals surface area contributed by atoms with E-state index in [2.05, 4.69) is 159 Å². The number of pyridine rings is 1. The van der Waals surface area contributed by atoms with Gasteiger partial charge in [0.15, 0.2) is 0 Å². The van der Waals surface area contributed by atoms with E-state index < -0.39 is 5.41 Å². The summed E-state index contributed by atoms with van der Waals surface area (Å²) in [6.07, 6.45) is 15.8. The molecular weight excluding hydrogens is 555 g/mol. The molecule has 0 saturated heterocycles. The second-order valence-electron chi connectivity index (χ2n) is 11.9. The zero-order valence-corrected chi connectivity index (χ0v) is 27.4. The third kappa shape index (κ3) is 5.74. The molecule has 228 valence electrons. The topological polar surface area (TPSA) is 12.9 Å². The Morgan fingerprint density at radius 3 is 2.15 bits per heavy atom. The summed E-state index contributed by atoms with van der Waals surface area (Å²) in [5, 5.41) is 0. The van der Waals surface area contributed by atoms with Crippen molar-refractivity contribution in [1.82, 2.24) is 4.98 Å². The zero-order valence-electron chi connectivity index (χ0n) is 27.4. The van der Waals surface area contributed by atoms with E-state index in [4.69, 9.17) is 4.98 Å². The number of hydrogen-bond acceptors (Lipinski definition) is 1. The molecule has 0 saturated carbocycles. The number of allylic oxidation sites excluding steroid dienone is 8. The molecule has 1 nitrogen and oxygen atoms in total. The van der Waals surface area contributed by atoms with Gasteiger partial charge in [-0.1, -0.05) is 160 Å². The van der Waals surface area contributed by atoms with Gasteiger partial charge >= 0.3 is 0 Å². The minimum atomic E-state index is -0.470. The first-order valence-corrected chi connectivity index (χ1v) is 16.7. The molecule has 0 spiro atoms. The van der Waals surface area contributed by atoms with Gasteiger partial charge in [-0.25, -0.2) is 0 Å². The Morgan fingerprint density at radius 1 is 0.739 bits per heavy atom. The molecule has 5 aromatic rings. The summed E-state index contributed by atoms with van der Waals surface area (Å²) < 4.78 is 0. The van der Waals surface area contributed by atoms with Crippen molar-refractivity contribution in [3.63, 3.8) is 0 Å². The first kappa shape index (κ1) is 31.0. The largest absolute Gasteiger partial charge is 0.260 e. The summed E-state index contributed by atoms with van der Waals surface area (Å²) >= 11 is 0. The SMILES string of the molecule is C/C(=C\C(=C/C(C)c1ccc2c(c1)-c1ccccc1C2(c1ccccc1)c1ccccn1)c1ccccc1)C1=CCCC=C1.CC. The Kier molecular flexibility index (Phi) is 9.41. The molecule has 2 atom stereocenters. The Morgan fingerprint density at radius 2 is 1.43 bits per heavy atom. The number of benzene rings is 4. The molecule has 0 aliphatic heterocycles. The fourth-order valence-corrected chi connectivity index (χ4v) is 7.04. The molecule has 0 fully saturated rings. The number of aromatic nitrogens is 1. The van der Waals surface area contributed by atoms with Crippen molar-refractivity contribution in [2.75, 3.05) is 0 Å². The fraction of sp³-hybridized carbons (Fsp3) is 0.178. The smallest absolute Gasteiger partial charge is 0.0885 e. The van der Waals surface area contributed by atoms with Crippen molar-refractivity contribution in [3.05, 3.63) is 203 Å². The van der Waals surface area contributed by atoms with Crippen LogP contribution in [-0.2, 0) is 5.41 Å². The van der Waals surface area contributed by atoms with Gasteiger partial charge in [-0.05, 0) is 93.5 Å².